The molecule has 106 valence electrons. The quantitative estimate of drug-likeness (QED) is 0.757. The van der Waals surface area contributed by atoms with Gasteiger partial charge in [-0.1, -0.05) is 0 Å². The van der Waals surface area contributed by atoms with Gasteiger partial charge in [0.25, 0.3) is 0 Å². The summed E-state index contributed by atoms with van der Waals surface area (Å²) in [5.41, 5.74) is 0. The highest BCUT2D eigenvalue weighted by Crippen LogP contribution is 2.52. The summed E-state index contributed by atoms with van der Waals surface area (Å²) >= 11 is 0. The molecule has 5 heteroatoms. The normalized spacial score (nSPS) is 40.5. The maximum absolute atomic E-state index is 12.2. The molecular formula is C14H20NO4-. The lowest BCUT2D eigenvalue weighted by molar-refractivity contribution is -0.314. The van der Waals surface area contributed by atoms with E-state index < -0.39 is 11.9 Å². The van der Waals surface area contributed by atoms with E-state index >= 15 is 0 Å². The highest BCUT2D eigenvalue weighted by Gasteiger charge is 2.51. The first-order valence-electron chi connectivity index (χ1n) is 7.27. The van der Waals surface area contributed by atoms with Gasteiger partial charge < -0.3 is 20.0 Å². The lowest BCUT2D eigenvalue weighted by atomic mass is 9.78. The average molecular weight is 266 g/mol. The molecule has 0 unspecified atom stereocenters. The van der Waals surface area contributed by atoms with Crippen molar-refractivity contribution >= 4 is 11.9 Å². The Bertz CT molecular complexity index is 378. The van der Waals surface area contributed by atoms with Crippen molar-refractivity contribution in [2.75, 3.05) is 13.2 Å². The first-order chi connectivity index (χ1) is 9.16. The van der Waals surface area contributed by atoms with Gasteiger partial charge in [-0.2, -0.15) is 0 Å². The molecule has 5 atom stereocenters. The van der Waals surface area contributed by atoms with E-state index in [1.54, 1.807) is 0 Å². The van der Waals surface area contributed by atoms with Gasteiger partial charge >= 0.3 is 0 Å². The number of nitrogens with one attached hydrogen (secondary N) is 1. The molecule has 3 fully saturated rings. The monoisotopic (exact) mass is 266 g/mol. The van der Waals surface area contributed by atoms with E-state index in [1.807, 2.05) is 0 Å². The Morgan fingerprint density at radius 2 is 1.89 bits per heavy atom. The van der Waals surface area contributed by atoms with E-state index in [9.17, 15) is 14.7 Å². The van der Waals surface area contributed by atoms with Crippen molar-refractivity contribution in [1.82, 2.24) is 5.32 Å². The third-order valence-electron chi connectivity index (χ3n) is 5.02. The molecule has 0 radical (unpaired) electrons. The minimum absolute atomic E-state index is 0.101. The lowest BCUT2D eigenvalue weighted by Gasteiger charge is -2.31. The second-order valence-corrected chi connectivity index (χ2v) is 6.08. The number of amides is 1. The van der Waals surface area contributed by atoms with Crippen LogP contribution in [0.2, 0.25) is 0 Å². The number of fused-ring (bicyclic) bond motifs is 2. The fourth-order valence-electron chi connectivity index (χ4n) is 4.15. The summed E-state index contributed by atoms with van der Waals surface area (Å²) in [6.45, 7) is 1.27. The van der Waals surface area contributed by atoms with Crippen LogP contribution < -0.4 is 10.4 Å². The fourth-order valence-corrected chi connectivity index (χ4v) is 4.15. The number of aliphatic carboxylic acids is 1. The van der Waals surface area contributed by atoms with Crippen LogP contribution in [-0.4, -0.2) is 31.1 Å². The average Bonchev–Trinajstić information content (AvgIpc) is 3.10. The van der Waals surface area contributed by atoms with Gasteiger partial charge in [-0.15, -0.1) is 0 Å². The van der Waals surface area contributed by atoms with Crippen molar-refractivity contribution < 1.29 is 19.4 Å². The molecule has 5 nitrogen and oxygen atoms in total. The lowest BCUT2D eigenvalue weighted by Crippen LogP contribution is -2.47. The zero-order valence-electron chi connectivity index (χ0n) is 11.0. The summed E-state index contributed by atoms with van der Waals surface area (Å²) in [5, 5.41) is 14.1. The molecule has 1 heterocycles. The van der Waals surface area contributed by atoms with Crippen molar-refractivity contribution in [2.24, 2.45) is 23.7 Å². The maximum Gasteiger partial charge on any atom is 0.224 e. The van der Waals surface area contributed by atoms with Crippen LogP contribution >= 0.6 is 0 Å². The van der Waals surface area contributed by atoms with E-state index in [0.717, 1.165) is 38.7 Å². The van der Waals surface area contributed by atoms with Gasteiger partial charge in [0.15, 0.2) is 0 Å². The Kier molecular flexibility index (Phi) is 3.48. The highest BCUT2D eigenvalue weighted by atomic mass is 16.5. The summed E-state index contributed by atoms with van der Waals surface area (Å²) < 4.78 is 5.46. The molecule has 3 rings (SSSR count). The number of carbonyl (C=O) groups is 2. The molecule has 0 aromatic rings. The highest BCUT2D eigenvalue weighted by molar-refractivity contribution is 5.85. The van der Waals surface area contributed by atoms with Crippen LogP contribution in [0.15, 0.2) is 0 Å². The third kappa shape index (κ3) is 2.36. The number of ether oxygens (including phenoxy) is 1. The van der Waals surface area contributed by atoms with E-state index in [1.165, 1.54) is 0 Å². The van der Waals surface area contributed by atoms with E-state index in [2.05, 4.69) is 5.32 Å². The van der Waals surface area contributed by atoms with Gasteiger partial charge in [0.1, 0.15) is 0 Å². The van der Waals surface area contributed by atoms with Crippen LogP contribution in [0.5, 0.6) is 0 Å². The van der Waals surface area contributed by atoms with Crippen molar-refractivity contribution in [3.05, 3.63) is 0 Å². The number of carboxylic acid groups (broad SMARTS) is 1. The first kappa shape index (κ1) is 12.9. The standard InChI is InChI=1S/C14H21NO4/c16-13(15-7-10-2-1-5-19-10)11-8-3-4-9(6-8)12(11)14(17)18/h8-12H,1-7H2,(H,15,16)(H,17,18)/p-1/t8-,9-,10-,11-,12-/m0/s1. The van der Waals surface area contributed by atoms with Gasteiger partial charge in [-0.3, -0.25) is 4.79 Å². The molecule has 2 bridgehead atoms. The Balaban J connectivity index is 1.60. The molecule has 1 aliphatic heterocycles. The molecular weight excluding hydrogens is 246 g/mol. The predicted molar refractivity (Wildman–Crippen MR) is 64.8 cm³/mol. The molecule has 1 saturated heterocycles. The molecule has 2 saturated carbocycles. The largest absolute Gasteiger partial charge is 0.550 e. The van der Waals surface area contributed by atoms with Crippen LogP contribution in [0.3, 0.4) is 0 Å². The van der Waals surface area contributed by atoms with Gasteiger partial charge in [0, 0.05) is 31.0 Å². The molecule has 0 aromatic heterocycles. The second kappa shape index (κ2) is 5.12. The zero-order valence-corrected chi connectivity index (χ0v) is 11.0. The Morgan fingerprint density at radius 3 is 2.53 bits per heavy atom. The van der Waals surface area contributed by atoms with Crippen LogP contribution in [0.1, 0.15) is 32.1 Å². The van der Waals surface area contributed by atoms with Crippen LogP contribution in [0.4, 0.5) is 0 Å². The fraction of sp³-hybridized carbons (Fsp3) is 0.857. The summed E-state index contributed by atoms with van der Waals surface area (Å²) in [6, 6.07) is 0. The van der Waals surface area contributed by atoms with Gasteiger partial charge in [-0.25, -0.2) is 0 Å². The maximum atomic E-state index is 12.2. The smallest absolute Gasteiger partial charge is 0.224 e. The van der Waals surface area contributed by atoms with Gasteiger partial charge in [0.05, 0.1) is 6.10 Å². The Morgan fingerprint density at radius 1 is 1.16 bits per heavy atom. The summed E-state index contributed by atoms with van der Waals surface area (Å²) in [6.07, 6.45) is 4.89. The number of carboxylic acids is 1. The molecule has 1 N–H and O–H groups in total. The number of hydrogen-bond donors (Lipinski definition) is 1. The zero-order chi connectivity index (χ0) is 13.4. The Hall–Kier alpha value is -1.10. The minimum Gasteiger partial charge on any atom is -0.550 e. The summed E-state index contributed by atoms with van der Waals surface area (Å²) in [4.78, 5) is 23.5. The van der Waals surface area contributed by atoms with Gasteiger partial charge in [0.2, 0.25) is 5.91 Å². The van der Waals surface area contributed by atoms with Crippen LogP contribution in [0, 0.1) is 23.7 Å². The molecule has 3 aliphatic rings. The topological polar surface area (TPSA) is 78.5 Å². The predicted octanol–water partition coefficient (Wildman–Crippen LogP) is -0.306. The second-order valence-electron chi connectivity index (χ2n) is 6.08. The Labute approximate surface area is 112 Å². The van der Waals surface area contributed by atoms with E-state index in [4.69, 9.17) is 4.74 Å². The van der Waals surface area contributed by atoms with Crippen LogP contribution in [-0.2, 0) is 14.3 Å². The van der Waals surface area contributed by atoms with Crippen molar-refractivity contribution in [2.45, 2.75) is 38.2 Å². The number of rotatable bonds is 4. The molecule has 1 amide bonds. The van der Waals surface area contributed by atoms with Crippen molar-refractivity contribution in [3.63, 3.8) is 0 Å². The minimum atomic E-state index is -1.05. The first-order valence-corrected chi connectivity index (χ1v) is 7.27. The third-order valence-corrected chi connectivity index (χ3v) is 5.02. The van der Waals surface area contributed by atoms with E-state index in [-0.39, 0.29) is 29.8 Å². The molecule has 2 aliphatic carbocycles. The number of carbonyl (C=O) groups excluding carboxylic acids is 2. The molecule has 0 spiro atoms. The number of hydrogen-bond acceptors (Lipinski definition) is 4. The summed E-state index contributed by atoms with van der Waals surface area (Å²) in [7, 11) is 0. The molecule has 0 aromatic carbocycles. The molecule has 19 heavy (non-hydrogen) atoms. The van der Waals surface area contributed by atoms with E-state index in [0.29, 0.717) is 6.54 Å². The van der Waals surface area contributed by atoms with Crippen LogP contribution in [0.25, 0.3) is 0 Å². The van der Waals surface area contributed by atoms with Gasteiger partial charge in [-0.05, 0) is 43.9 Å². The van der Waals surface area contributed by atoms with Crippen molar-refractivity contribution in [1.29, 1.82) is 0 Å². The SMILES string of the molecule is O=C([O-])[C@H]1[C@H]2CC[C@@H](C2)[C@@H]1C(=O)NC[C@@H]1CCCO1. The van der Waals surface area contributed by atoms with Crippen molar-refractivity contribution in [3.8, 4) is 0 Å². The summed E-state index contributed by atoms with van der Waals surface area (Å²) in [5.74, 6) is -1.75.